The molecule has 1 amide bonds. The van der Waals surface area contributed by atoms with Crippen molar-refractivity contribution in [3.05, 3.63) is 63.5 Å². The minimum Gasteiger partial charge on any atom is -0.481 e. The summed E-state index contributed by atoms with van der Waals surface area (Å²) < 4.78 is 5.90. The van der Waals surface area contributed by atoms with Gasteiger partial charge in [0.2, 0.25) is 0 Å². The van der Waals surface area contributed by atoms with E-state index in [1.807, 2.05) is 53.4 Å². The van der Waals surface area contributed by atoms with Crippen LogP contribution in [0, 0.1) is 5.92 Å². The summed E-state index contributed by atoms with van der Waals surface area (Å²) >= 11 is 4.83. The highest BCUT2D eigenvalue weighted by Gasteiger charge is 2.41. The van der Waals surface area contributed by atoms with E-state index in [9.17, 15) is 9.59 Å². The summed E-state index contributed by atoms with van der Waals surface area (Å²) in [5.41, 5.74) is 1.64. The standard InChI is InChI=1S/C25H25BrN2O4S/c1-16-7-5-6-10-20(16)28-24(31)22(33-25(28)27-18-8-3-2-4-9-18)14-17-11-12-21(19(26)13-17)32-15-23(29)30/h2-4,8-9,11-14,16,20H,5-7,10,15H2,1H3,(H,29,30)/b22-14-,27-25?/t16-,20+/m0/s1. The molecule has 2 aromatic rings. The molecule has 33 heavy (non-hydrogen) atoms. The molecule has 8 heteroatoms. The van der Waals surface area contributed by atoms with E-state index >= 15 is 0 Å². The number of aliphatic carboxylic acids is 1. The second-order valence-corrected chi connectivity index (χ2v) is 10.1. The predicted molar refractivity (Wildman–Crippen MR) is 135 cm³/mol. The fourth-order valence-electron chi connectivity index (χ4n) is 4.17. The van der Waals surface area contributed by atoms with Gasteiger partial charge in [-0.2, -0.15) is 0 Å². The first-order chi connectivity index (χ1) is 15.9. The molecule has 1 N–H and O–H groups in total. The molecule has 2 fully saturated rings. The van der Waals surface area contributed by atoms with Crippen LogP contribution in [0.25, 0.3) is 6.08 Å². The van der Waals surface area contributed by atoms with Gasteiger partial charge >= 0.3 is 5.97 Å². The highest BCUT2D eigenvalue weighted by molar-refractivity contribution is 9.10. The SMILES string of the molecule is C[C@H]1CCCC[C@H]1N1C(=O)/C(=C/c2ccc(OCC(=O)O)c(Br)c2)SC1=Nc1ccccc1. The molecule has 0 spiro atoms. The molecule has 6 nitrogen and oxygen atoms in total. The molecule has 172 valence electrons. The van der Waals surface area contributed by atoms with Crippen LogP contribution in [0.2, 0.25) is 0 Å². The summed E-state index contributed by atoms with van der Waals surface area (Å²) in [7, 11) is 0. The summed E-state index contributed by atoms with van der Waals surface area (Å²) in [5, 5.41) is 9.53. The summed E-state index contributed by atoms with van der Waals surface area (Å²) in [6.07, 6.45) is 6.26. The van der Waals surface area contributed by atoms with E-state index < -0.39 is 12.6 Å². The van der Waals surface area contributed by atoms with Crippen molar-refractivity contribution in [3.8, 4) is 5.75 Å². The van der Waals surface area contributed by atoms with Crippen LogP contribution in [0.15, 0.2) is 62.9 Å². The van der Waals surface area contributed by atoms with Gasteiger partial charge in [-0.3, -0.25) is 9.69 Å². The molecular formula is C25H25BrN2O4S. The van der Waals surface area contributed by atoms with Crippen LogP contribution >= 0.6 is 27.7 Å². The first kappa shape index (κ1) is 23.6. The number of thioether (sulfide) groups is 1. The van der Waals surface area contributed by atoms with Crippen LogP contribution < -0.4 is 4.74 Å². The van der Waals surface area contributed by atoms with Gasteiger partial charge in [-0.25, -0.2) is 9.79 Å². The predicted octanol–water partition coefficient (Wildman–Crippen LogP) is 6.10. The largest absolute Gasteiger partial charge is 0.481 e. The smallest absolute Gasteiger partial charge is 0.341 e. The Morgan fingerprint density at radius 2 is 2.00 bits per heavy atom. The summed E-state index contributed by atoms with van der Waals surface area (Å²) in [6, 6.07) is 15.2. The number of halogens is 1. The number of hydrogen-bond donors (Lipinski definition) is 1. The number of hydrogen-bond acceptors (Lipinski definition) is 5. The zero-order valence-electron chi connectivity index (χ0n) is 18.2. The number of amidine groups is 1. The van der Waals surface area contributed by atoms with Gasteiger partial charge in [0.05, 0.1) is 15.1 Å². The van der Waals surface area contributed by atoms with Crippen molar-refractivity contribution >= 4 is 56.5 Å². The highest BCUT2D eigenvalue weighted by atomic mass is 79.9. The summed E-state index contributed by atoms with van der Waals surface area (Å²) in [6.45, 7) is 1.80. The van der Waals surface area contributed by atoms with E-state index in [1.54, 1.807) is 6.07 Å². The normalized spacial score (nSPS) is 23.3. The Labute approximate surface area is 205 Å². The number of carboxylic acids is 1. The second kappa shape index (κ2) is 10.6. The van der Waals surface area contributed by atoms with Crippen LogP contribution in [0.3, 0.4) is 0 Å². The van der Waals surface area contributed by atoms with Crippen LogP contribution in [0.1, 0.15) is 38.2 Å². The Morgan fingerprint density at radius 3 is 2.70 bits per heavy atom. The third kappa shape index (κ3) is 5.68. The van der Waals surface area contributed by atoms with E-state index in [0.717, 1.165) is 35.7 Å². The van der Waals surface area contributed by atoms with Crippen LogP contribution in [-0.2, 0) is 9.59 Å². The maximum Gasteiger partial charge on any atom is 0.341 e. The molecule has 0 unspecified atom stereocenters. The van der Waals surface area contributed by atoms with E-state index in [-0.39, 0.29) is 11.9 Å². The van der Waals surface area contributed by atoms with Gasteiger partial charge < -0.3 is 9.84 Å². The highest BCUT2D eigenvalue weighted by Crippen LogP contribution is 2.40. The minimum absolute atomic E-state index is 0.0178. The molecule has 1 saturated heterocycles. The molecule has 2 atom stereocenters. The van der Waals surface area contributed by atoms with Gasteiger partial charge in [0.15, 0.2) is 11.8 Å². The number of benzene rings is 2. The molecule has 2 aromatic carbocycles. The van der Waals surface area contributed by atoms with E-state index in [2.05, 4.69) is 22.9 Å². The van der Waals surface area contributed by atoms with Crippen molar-refractivity contribution in [2.45, 2.75) is 38.6 Å². The molecule has 1 saturated carbocycles. The number of nitrogens with zero attached hydrogens (tertiary/aromatic N) is 2. The molecule has 1 heterocycles. The number of ether oxygens (including phenoxy) is 1. The van der Waals surface area contributed by atoms with Crippen molar-refractivity contribution in [3.63, 3.8) is 0 Å². The topological polar surface area (TPSA) is 79.2 Å². The number of para-hydroxylation sites is 1. The maximum absolute atomic E-state index is 13.5. The summed E-state index contributed by atoms with van der Waals surface area (Å²) in [4.78, 5) is 31.6. The van der Waals surface area contributed by atoms with Crippen molar-refractivity contribution in [2.75, 3.05) is 6.61 Å². The molecule has 2 aliphatic rings. The lowest BCUT2D eigenvalue weighted by atomic mass is 9.85. The third-order valence-corrected chi connectivity index (χ3v) is 7.42. The number of carbonyl (C=O) groups is 2. The fourth-order valence-corrected chi connectivity index (χ4v) is 5.72. The molecule has 1 aliphatic carbocycles. The molecular weight excluding hydrogens is 504 g/mol. The zero-order valence-corrected chi connectivity index (χ0v) is 20.6. The lowest BCUT2D eigenvalue weighted by Gasteiger charge is -2.35. The van der Waals surface area contributed by atoms with Gasteiger partial charge in [0.1, 0.15) is 5.75 Å². The fraction of sp³-hybridized carbons (Fsp3) is 0.320. The van der Waals surface area contributed by atoms with Gasteiger partial charge in [-0.05, 0) is 82.4 Å². The molecule has 0 bridgehead atoms. The average molecular weight is 529 g/mol. The molecule has 1 aliphatic heterocycles. The van der Waals surface area contributed by atoms with E-state index in [0.29, 0.717) is 21.0 Å². The first-order valence-electron chi connectivity index (χ1n) is 10.9. The lowest BCUT2D eigenvalue weighted by Crippen LogP contribution is -2.44. The molecule has 0 aromatic heterocycles. The van der Waals surface area contributed by atoms with Gasteiger partial charge in [-0.1, -0.05) is 44.0 Å². The number of aliphatic imine (C=N–C) groups is 1. The van der Waals surface area contributed by atoms with Crippen LogP contribution in [-0.4, -0.2) is 39.7 Å². The zero-order chi connectivity index (χ0) is 23.4. The number of carboxylic acid groups (broad SMARTS) is 1. The Bertz CT molecular complexity index is 1100. The Kier molecular flexibility index (Phi) is 7.55. The minimum atomic E-state index is -1.04. The molecule has 0 radical (unpaired) electrons. The van der Waals surface area contributed by atoms with Crippen molar-refractivity contribution in [1.82, 2.24) is 4.90 Å². The van der Waals surface area contributed by atoms with Gasteiger partial charge in [0.25, 0.3) is 5.91 Å². The van der Waals surface area contributed by atoms with Crippen molar-refractivity contribution in [1.29, 1.82) is 0 Å². The van der Waals surface area contributed by atoms with Crippen molar-refractivity contribution in [2.24, 2.45) is 10.9 Å². The first-order valence-corrected chi connectivity index (χ1v) is 12.5. The summed E-state index contributed by atoms with van der Waals surface area (Å²) in [5.74, 6) is -0.198. The molecule has 4 rings (SSSR count). The van der Waals surface area contributed by atoms with Gasteiger partial charge in [0, 0.05) is 6.04 Å². The third-order valence-electron chi connectivity index (χ3n) is 5.82. The van der Waals surface area contributed by atoms with Crippen LogP contribution in [0.5, 0.6) is 5.75 Å². The average Bonchev–Trinajstić information content (AvgIpc) is 3.08. The Balaban J connectivity index is 1.64. The Morgan fingerprint density at radius 1 is 1.24 bits per heavy atom. The number of amides is 1. The second-order valence-electron chi connectivity index (χ2n) is 8.22. The van der Waals surface area contributed by atoms with E-state index in [4.69, 9.17) is 14.8 Å². The monoisotopic (exact) mass is 528 g/mol. The van der Waals surface area contributed by atoms with E-state index in [1.165, 1.54) is 18.2 Å². The quantitative estimate of drug-likeness (QED) is 0.458. The van der Waals surface area contributed by atoms with Crippen LogP contribution in [0.4, 0.5) is 5.69 Å². The number of carbonyl (C=O) groups excluding carboxylic acids is 1. The lowest BCUT2D eigenvalue weighted by molar-refractivity contribution is -0.139. The van der Waals surface area contributed by atoms with Crippen molar-refractivity contribution < 1.29 is 19.4 Å². The van der Waals surface area contributed by atoms with Gasteiger partial charge in [-0.15, -0.1) is 0 Å². The maximum atomic E-state index is 13.5. The Hall–Kier alpha value is -2.58. The number of rotatable bonds is 6.